The lowest BCUT2D eigenvalue weighted by molar-refractivity contribution is 0.388. The Bertz CT molecular complexity index is 326. The van der Waals surface area contributed by atoms with Gasteiger partial charge in [0.25, 0.3) is 0 Å². The molecule has 1 atom stereocenters. The minimum atomic E-state index is -0.0785. The highest BCUT2D eigenvalue weighted by atomic mass is 79.9. The van der Waals surface area contributed by atoms with E-state index >= 15 is 0 Å². The average molecular weight is 260 g/mol. The predicted octanol–water partition coefficient (Wildman–Crippen LogP) is 2.49. The number of methoxy groups -OCH3 is 2. The van der Waals surface area contributed by atoms with Gasteiger partial charge in [0.2, 0.25) is 0 Å². The van der Waals surface area contributed by atoms with E-state index < -0.39 is 0 Å². The topological polar surface area (TPSA) is 44.5 Å². The first kappa shape index (κ1) is 11.3. The molecule has 0 bridgehead atoms. The number of halogens is 1. The monoisotopic (exact) mass is 259 g/mol. The molecule has 0 amide bonds. The van der Waals surface area contributed by atoms with Crippen molar-refractivity contribution < 1.29 is 9.47 Å². The first-order valence-corrected chi connectivity index (χ1v) is 5.06. The molecule has 0 saturated heterocycles. The van der Waals surface area contributed by atoms with Crippen LogP contribution in [0, 0.1) is 0 Å². The molecule has 0 heterocycles. The Balaban J connectivity index is 3.27. The third-order valence-corrected chi connectivity index (χ3v) is 2.63. The lowest BCUT2D eigenvalue weighted by Gasteiger charge is -2.15. The lowest BCUT2D eigenvalue weighted by atomic mass is 10.1. The van der Waals surface area contributed by atoms with Crippen LogP contribution in [0.5, 0.6) is 11.5 Å². The van der Waals surface area contributed by atoms with Crippen LogP contribution >= 0.6 is 15.9 Å². The molecule has 0 aromatic heterocycles. The summed E-state index contributed by atoms with van der Waals surface area (Å²) < 4.78 is 11.3. The van der Waals surface area contributed by atoms with E-state index in [4.69, 9.17) is 15.2 Å². The summed E-state index contributed by atoms with van der Waals surface area (Å²) in [4.78, 5) is 0. The summed E-state index contributed by atoms with van der Waals surface area (Å²) in [7, 11) is 3.24. The van der Waals surface area contributed by atoms with E-state index in [1.54, 1.807) is 14.2 Å². The second-order valence-corrected chi connectivity index (χ2v) is 3.87. The molecule has 4 heteroatoms. The van der Waals surface area contributed by atoms with Crippen LogP contribution in [-0.2, 0) is 0 Å². The maximum absolute atomic E-state index is 5.83. The first-order valence-electron chi connectivity index (χ1n) is 4.27. The van der Waals surface area contributed by atoms with Gasteiger partial charge in [-0.1, -0.05) is 15.9 Å². The molecule has 0 spiro atoms. The molecule has 1 unspecified atom stereocenters. The Morgan fingerprint density at radius 3 is 2.36 bits per heavy atom. The lowest BCUT2D eigenvalue weighted by Crippen LogP contribution is -2.08. The zero-order valence-corrected chi connectivity index (χ0v) is 10.1. The number of nitrogens with two attached hydrogens (primary N) is 1. The van der Waals surface area contributed by atoms with Crippen molar-refractivity contribution >= 4 is 15.9 Å². The Morgan fingerprint density at radius 1 is 1.29 bits per heavy atom. The summed E-state index contributed by atoms with van der Waals surface area (Å²) in [5.74, 6) is 1.49. The molecule has 0 fully saturated rings. The number of ether oxygens (including phenoxy) is 2. The van der Waals surface area contributed by atoms with Crippen LogP contribution in [0.4, 0.5) is 0 Å². The molecular formula is C10H14BrNO2. The fraction of sp³-hybridized carbons (Fsp3) is 0.400. The van der Waals surface area contributed by atoms with Gasteiger partial charge in [-0.2, -0.15) is 0 Å². The van der Waals surface area contributed by atoms with E-state index in [1.165, 1.54) is 0 Å². The van der Waals surface area contributed by atoms with Gasteiger partial charge in [0, 0.05) is 22.1 Å². The van der Waals surface area contributed by atoms with Gasteiger partial charge in [-0.05, 0) is 13.0 Å². The van der Waals surface area contributed by atoms with Crippen molar-refractivity contribution in [1.82, 2.24) is 0 Å². The quantitative estimate of drug-likeness (QED) is 0.908. The van der Waals surface area contributed by atoms with Crippen LogP contribution < -0.4 is 15.2 Å². The van der Waals surface area contributed by atoms with Gasteiger partial charge in [-0.3, -0.25) is 0 Å². The van der Waals surface area contributed by atoms with Gasteiger partial charge in [-0.15, -0.1) is 0 Å². The van der Waals surface area contributed by atoms with Gasteiger partial charge in [-0.25, -0.2) is 0 Å². The highest BCUT2D eigenvalue weighted by Crippen LogP contribution is 2.35. The summed E-state index contributed by atoms with van der Waals surface area (Å²) in [5, 5.41) is 0. The molecule has 0 aliphatic rings. The van der Waals surface area contributed by atoms with Crippen molar-refractivity contribution in [3.8, 4) is 11.5 Å². The van der Waals surface area contributed by atoms with Crippen molar-refractivity contribution in [2.75, 3.05) is 14.2 Å². The highest BCUT2D eigenvalue weighted by Gasteiger charge is 2.13. The molecule has 0 radical (unpaired) electrons. The highest BCUT2D eigenvalue weighted by molar-refractivity contribution is 9.10. The molecule has 3 nitrogen and oxygen atoms in total. The fourth-order valence-corrected chi connectivity index (χ4v) is 2.08. The minimum Gasteiger partial charge on any atom is -0.497 e. The summed E-state index contributed by atoms with van der Waals surface area (Å²) in [5.41, 5.74) is 6.78. The fourth-order valence-electron chi connectivity index (χ4n) is 1.30. The zero-order valence-electron chi connectivity index (χ0n) is 8.50. The van der Waals surface area contributed by atoms with Crippen molar-refractivity contribution in [2.24, 2.45) is 5.73 Å². The van der Waals surface area contributed by atoms with Crippen LogP contribution in [0.3, 0.4) is 0 Å². The largest absolute Gasteiger partial charge is 0.497 e. The second kappa shape index (κ2) is 4.66. The molecule has 0 saturated carbocycles. The summed E-state index contributed by atoms with van der Waals surface area (Å²) in [6.45, 7) is 1.91. The van der Waals surface area contributed by atoms with Crippen LogP contribution in [0.2, 0.25) is 0 Å². The van der Waals surface area contributed by atoms with Gasteiger partial charge < -0.3 is 15.2 Å². The minimum absolute atomic E-state index is 0.0785. The molecule has 1 aromatic rings. The van der Waals surface area contributed by atoms with Crippen molar-refractivity contribution in [3.63, 3.8) is 0 Å². The van der Waals surface area contributed by atoms with E-state index in [1.807, 2.05) is 19.1 Å². The first-order chi connectivity index (χ1) is 6.60. The van der Waals surface area contributed by atoms with Crippen molar-refractivity contribution in [3.05, 3.63) is 22.2 Å². The molecule has 1 rings (SSSR count). The maximum Gasteiger partial charge on any atom is 0.128 e. The van der Waals surface area contributed by atoms with Crippen LogP contribution in [0.15, 0.2) is 16.6 Å². The van der Waals surface area contributed by atoms with E-state index in [0.717, 1.165) is 21.5 Å². The number of rotatable bonds is 3. The number of benzene rings is 1. The number of hydrogen-bond acceptors (Lipinski definition) is 3. The van der Waals surface area contributed by atoms with E-state index in [0.29, 0.717) is 0 Å². The summed E-state index contributed by atoms with van der Waals surface area (Å²) in [6, 6.07) is 3.62. The second-order valence-electron chi connectivity index (χ2n) is 3.01. The molecule has 2 N–H and O–H groups in total. The molecular weight excluding hydrogens is 246 g/mol. The summed E-state index contributed by atoms with van der Waals surface area (Å²) >= 11 is 3.44. The molecule has 0 aliphatic carbocycles. The normalized spacial score (nSPS) is 12.4. The Morgan fingerprint density at radius 2 is 1.93 bits per heavy atom. The molecule has 14 heavy (non-hydrogen) atoms. The van der Waals surface area contributed by atoms with Gasteiger partial charge in [0.1, 0.15) is 11.5 Å². The third kappa shape index (κ3) is 2.19. The Kier molecular flexibility index (Phi) is 3.77. The standard InChI is InChI=1S/C10H14BrNO2/c1-6(12)10-8(11)4-7(13-2)5-9(10)14-3/h4-6H,12H2,1-3H3. The predicted molar refractivity (Wildman–Crippen MR) is 59.8 cm³/mol. The van der Waals surface area contributed by atoms with Gasteiger partial charge >= 0.3 is 0 Å². The van der Waals surface area contributed by atoms with Crippen LogP contribution in [0.25, 0.3) is 0 Å². The molecule has 0 aliphatic heterocycles. The molecule has 1 aromatic carbocycles. The van der Waals surface area contributed by atoms with E-state index in [2.05, 4.69) is 15.9 Å². The third-order valence-electron chi connectivity index (χ3n) is 1.98. The van der Waals surface area contributed by atoms with Gasteiger partial charge in [0.15, 0.2) is 0 Å². The Labute approximate surface area is 92.3 Å². The Hall–Kier alpha value is -0.740. The summed E-state index contributed by atoms with van der Waals surface area (Å²) in [6.07, 6.45) is 0. The van der Waals surface area contributed by atoms with Gasteiger partial charge in [0.05, 0.1) is 14.2 Å². The maximum atomic E-state index is 5.83. The van der Waals surface area contributed by atoms with E-state index in [-0.39, 0.29) is 6.04 Å². The number of hydrogen-bond donors (Lipinski definition) is 1. The zero-order chi connectivity index (χ0) is 10.7. The van der Waals surface area contributed by atoms with E-state index in [9.17, 15) is 0 Å². The van der Waals surface area contributed by atoms with Crippen LogP contribution in [0.1, 0.15) is 18.5 Å². The smallest absolute Gasteiger partial charge is 0.128 e. The van der Waals surface area contributed by atoms with Crippen molar-refractivity contribution in [2.45, 2.75) is 13.0 Å². The molecule has 78 valence electrons. The van der Waals surface area contributed by atoms with Crippen molar-refractivity contribution in [1.29, 1.82) is 0 Å². The average Bonchev–Trinajstić information content (AvgIpc) is 2.15. The SMILES string of the molecule is COc1cc(Br)c(C(C)N)c(OC)c1. The van der Waals surface area contributed by atoms with Crippen LogP contribution in [-0.4, -0.2) is 14.2 Å².